The number of hydrogen-bond donors (Lipinski definition) is 1. The highest BCUT2D eigenvalue weighted by Crippen LogP contribution is 2.47. The topological polar surface area (TPSA) is 47.3 Å². The molecule has 18 heavy (non-hydrogen) atoms. The largest absolute Gasteiger partial charge is 0.383 e. The number of benzene rings is 1. The van der Waals surface area contributed by atoms with Crippen LogP contribution in [-0.2, 0) is 12.0 Å². The highest BCUT2D eigenvalue weighted by atomic mass is 16.3. The van der Waals surface area contributed by atoms with Gasteiger partial charge in [0.2, 0.25) is 0 Å². The van der Waals surface area contributed by atoms with Gasteiger partial charge in [0.25, 0.3) is 0 Å². The number of piperidine rings is 1. The summed E-state index contributed by atoms with van der Waals surface area (Å²) in [6, 6.07) is 10.4. The van der Waals surface area contributed by atoms with Crippen molar-refractivity contribution >= 4 is 0 Å². The van der Waals surface area contributed by atoms with Crippen LogP contribution >= 0.6 is 0 Å². The Morgan fingerprint density at radius 2 is 2.17 bits per heavy atom. The Bertz CT molecular complexity index is 507. The second-order valence-electron chi connectivity index (χ2n) is 5.62. The fourth-order valence-electron chi connectivity index (χ4n) is 3.64. The molecule has 1 N–H and O–H groups in total. The number of aryl methyl sites for hydroxylation is 1. The van der Waals surface area contributed by atoms with E-state index in [-0.39, 0.29) is 11.8 Å². The lowest BCUT2D eigenvalue weighted by molar-refractivity contribution is -0.110. The molecule has 1 heterocycles. The second-order valence-corrected chi connectivity index (χ2v) is 5.62. The highest BCUT2D eigenvalue weighted by molar-refractivity contribution is 5.38. The molecule has 3 nitrogen and oxygen atoms in total. The van der Waals surface area contributed by atoms with Crippen molar-refractivity contribution in [2.45, 2.75) is 18.4 Å². The van der Waals surface area contributed by atoms with Crippen LogP contribution in [0.1, 0.15) is 17.5 Å². The molecule has 1 aliphatic carbocycles. The Kier molecular flexibility index (Phi) is 2.65. The summed E-state index contributed by atoms with van der Waals surface area (Å²) in [4.78, 5) is 2.17. The highest BCUT2D eigenvalue weighted by Gasteiger charge is 2.51. The molecular weight excluding hydrogens is 224 g/mol. The molecule has 0 aromatic heterocycles. The molecule has 0 saturated carbocycles. The van der Waals surface area contributed by atoms with Gasteiger partial charge in [0.15, 0.2) is 0 Å². The molecule has 0 amide bonds. The number of hydrogen-bond acceptors (Lipinski definition) is 3. The van der Waals surface area contributed by atoms with Crippen molar-refractivity contribution in [3.8, 4) is 6.07 Å². The third-order valence-electron chi connectivity index (χ3n) is 4.55. The van der Waals surface area contributed by atoms with Crippen molar-refractivity contribution in [2.24, 2.45) is 11.8 Å². The Balaban J connectivity index is 2.12. The van der Waals surface area contributed by atoms with E-state index in [1.54, 1.807) is 0 Å². The lowest BCUT2D eigenvalue weighted by Crippen LogP contribution is -2.56. The van der Waals surface area contributed by atoms with E-state index in [9.17, 15) is 10.4 Å². The van der Waals surface area contributed by atoms with Crippen LogP contribution in [-0.4, -0.2) is 30.1 Å². The molecule has 1 fully saturated rings. The lowest BCUT2D eigenvalue weighted by atomic mass is 9.63. The lowest BCUT2D eigenvalue weighted by Gasteiger charge is -2.50. The third kappa shape index (κ3) is 1.50. The van der Waals surface area contributed by atoms with Crippen LogP contribution in [0.15, 0.2) is 24.3 Å². The molecule has 1 aliphatic heterocycles. The Morgan fingerprint density at radius 1 is 1.39 bits per heavy atom. The van der Waals surface area contributed by atoms with E-state index in [1.165, 1.54) is 5.56 Å². The molecule has 1 saturated heterocycles. The SMILES string of the molecule is CN1C[C@H]2CCc3ccccc3[C@@]2(O)[C@H](C#N)C1. The fraction of sp³-hybridized carbons (Fsp3) is 0.533. The first-order chi connectivity index (χ1) is 8.66. The van der Waals surface area contributed by atoms with Crippen molar-refractivity contribution in [1.82, 2.24) is 4.90 Å². The van der Waals surface area contributed by atoms with E-state index in [1.807, 2.05) is 25.2 Å². The van der Waals surface area contributed by atoms with Gasteiger partial charge in [-0.3, -0.25) is 0 Å². The number of likely N-dealkylation sites (tertiary alicyclic amines) is 1. The van der Waals surface area contributed by atoms with Crippen LogP contribution in [0.5, 0.6) is 0 Å². The number of rotatable bonds is 0. The van der Waals surface area contributed by atoms with Gasteiger partial charge in [-0.25, -0.2) is 0 Å². The van der Waals surface area contributed by atoms with E-state index in [0.717, 1.165) is 24.9 Å². The molecule has 0 radical (unpaired) electrons. The summed E-state index contributed by atoms with van der Waals surface area (Å²) in [6.45, 7) is 1.53. The van der Waals surface area contributed by atoms with Crippen LogP contribution in [0.25, 0.3) is 0 Å². The van der Waals surface area contributed by atoms with E-state index >= 15 is 0 Å². The first-order valence-corrected chi connectivity index (χ1v) is 6.55. The molecule has 2 aliphatic rings. The van der Waals surface area contributed by atoms with Gasteiger partial charge in [-0.2, -0.15) is 5.26 Å². The average molecular weight is 242 g/mol. The standard InChI is InChI=1S/C15H18N2O/c1-17-9-12-7-6-11-4-2-3-5-14(11)15(12,18)13(8-16)10-17/h2-5,12-13,18H,6-7,9-10H2,1H3/t12-,13-,15+/m1/s1. The maximum atomic E-state index is 11.2. The molecule has 3 heteroatoms. The second kappa shape index (κ2) is 4.08. The smallest absolute Gasteiger partial charge is 0.111 e. The van der Waals surface area contributed by atoms with Gasteiger partial charge in [0.05, 0.1) is 12.0 Å². The summed E-state index contributed by atoms with van der Waals surface area (Å²) in [5.41, 5.74) is 1.25. The summed E-state index contributed by atoms with van der Waals surface area (Å²) in [6.07, 6.45) is 1.98. The van der Waals surface area contributed by atoms with Crippen LogP contribution in [0, 0.1) is 23.2 Å². The Labute approximate surface area is 108 Å². The first kappa shape index (κ1) is 11.7. The fourth-order valence-corrected chi connectivity index (χ4v) is 3.64. The molecule has 0 bridgehead atoms. The van der Waals surface area contributed by atoms with Crippen molar-refractivity contribution in [3.05, 3.63) is 35.4 Å². The molecule has 3 rings (SSSR count). The minimum Gasteiger partial charge on any atom is -0.383 e. The summed E-state index contributed by atoms with van der Waals surface area (Å²) < 4.78 is 0. The van der Waals surface area contributed by atoms with Crippen LogP contribution in [0.3, 0.4) is 0 Å². The van der Waals surface area contributed by atoms with Crippen LogP contribution < -0.4 is 0 Å². The number of fused-ring (bicyclic) bond motifs is 3. The van der Waals surface area contributed by atoms with E-state index < -0.39 is 5.60 Å². The zero-order chi connectivity index (χ0) is 12.8. The van der Waals surface area contributed by atoms with Gasteiger partial charge in [-0.1, -0.05) is 24.3 Å². The van der Waals surface area contributed by atoms with Gasteiger partial charge in [-0.05, 0) is 31.0 Å². The minimum atomic E-state index is -0.948. The van der Waals surface area contributed by atoms with E-state index in [2.05, 4.69) is 17.0 Å². The maximum absolute atomic E-state index is 11.2. The molecular formula is C15H18N2O. The van der Waals surface area contributed by atoms with Crippen molar-refractivity contribution in [2.75, 3.05) is 20.1 Å². The predicted molar refractivity (Wildman–Crippen MR) is 68.7 cm³/mol. The van der Waals surface area contributed by atoms with Gasteiger partial charge in [0.1, 0.15) is 5.60 Å². The van der Waals surface area contributed by atoms with Crippen molar-refractivity contribution < 1.29 is 5.11 Å². The van der Waals surface area contributed by atoms with E-state index in [4.69, 9.17) is 0 Å². The van der Waals surface area contributed by atoms with Gasteiger partial charge in [0, 0.05) is 19.0 Å². The molecule has 0 spiro atoms. The number of nitriles is 1. The minimum absolute atomic E-state index is 0.177. The van der Waals surface area contributed by atoms with Gasteiger partial charge in [-0.15, -0.1) is 0 Å². The van der Waals surface area contributed by atoms with Crippen molar-refractivity contribution in [3.63, 3.8) is 0 Å². The quantitative estimate of drug-likeness (QED) is 0.750. The van der Waals surface area contributed by atoms with Crippen molar-refractivity contribution in [1.29, 1.82) is 5.26 Å². The zero-order valence-corrected chi connectivity index (χ0v) is 10.6. The Hall–Kier alpha value is -1.37. The monoisotopic (exact) mass is 242 g/mol. The summed E-state index contributed by atoms with van der Waals surface area (Å²) in [5, 5.41) is 20.6. The van der Waals surface area contributed by atoms with Gasteiger partial charge >= 0.3 is 0 Å². The first-order valence-electron chi connectivity index (χ1n) is 6.55. The Morgan fingerprint density at radius 3 is 2.94 bits per heavy atom. The molecule has 3 atom stereocenters. The summed E-state index contributed by atoms with van der Waals surface area (Å²) in [5.74, 6) is -0.154. The van der Waals surface area contributed by atoms with E-state index in [0.29, 0.717) is 6.54 Å². The number of aliphatic hydroxyl groups is 1. The number of nitrogens with zero attached hydrogens (tertiary/aromatic N) is 2. The average Bonchev–Trinajstić information content (AvgIpc) is 2.39. The van der Waals surface area contributed by atoms with Crippen LogP contribution in [0.2, 0.25) is 0 Å². The maximum Gasteiger partial charge on any atom is 0.111 e. The van der Waals surface area contributed by atoms with Crippen LogP contribution in [0.4, 0.5) is 0 Å². The summed E-state index contributed by atoms with van der Waals surface area (Å²) >= 11 is 0. The van der Waals surface area contributed by atoms with Gasteiger partial charge < -0.3 is 10.0 Å². The molecule has 94 valence electrons. The normalized spacial score (nSPS) is 35.4. The zero-order valence-electron chi connectivity index (χ0n) is 10.6. The molecule has 1 aromatic carbocycles. The third-order valence-corrected chi connectivity index (χ3v) is 4.55. The predicted octanol–water partition coefficient (Wildman–Crippen LogP) is 1.52. The molecule has 1 aromatic rings. The molecule has 0 unspecified atom stereocenters. The summed E-state index contributed by atoms with van der Waals surface area (Å²) in [7, 11) is 2.03.